The van der Waals surface area contributed by atoms with Gasteiger partial charge in [0.1, 0.15) is 5.75 Å². The van der Waals surface area contributed by atoms with E-state index in [4.69, 9.17) is 4.74 Å². The molecule has 0 aliphatic rings. The van der Waals surface area contributed by atoms with Gasteiger partial charge in [0.25, 0.3) is 0 Å². The lowest BCUT2D eigenvalue weighted by molar-refractivity contribution is -0.122. The van der Waals surface area contributed by atoms with Crippen LogP contribution in [0.3, 0.4) is 0 Å². The molecular weight excluding hydrogens is 230 g/mol. The van der Waals surface area contributed by atoms with E-state index in [0.29, 0.717) is 18.8 Å². The van der Waals surface area contributed by atoms with Crippen molar-refractivity contribution in [2.24, 2.45) is 0 Å². The van der Waals surface area contributed by atoms with Gasteiger partial charge in [0.2, 0.25) is 5.91 Å². The van der Waals surface area contributed by atoms with E-state index in [9.17, 15) is 9.90 Å². The number of ether oxygens (including phenoxy) is 1. The Labute approximate surface area is 108 Å². The highest BCUT2D eigenvalue weighted by molar-refractivity contribution is 5.76. The summed E-state index contributed by atoms with van der Waals surface area (Å²) < 4.78 is 5.48. The average molecular weight is 251 g/mol. The lowest BCUT2D eigenvalue weighted by Crippen LogP contribution is -2.31. The fourth-order valence-corrected chi connectivity index (χ4v) is 1.52. The van der Waals surface area contributed by atoms with E-state index in [1.807, 2.05) is 32.0 Å². The first-order chi connectivity index (χ1) is 8.49. The molecule has 1 amide bonds. The van der Waals surface area contributed by atoms with Crippen molar-refractivity contribution in [1.82, 2.24) is 5.32 Å². The molecule has 0 heterocycles. The minimum atomic E-state index is -0.516. The number of carbonyl (C=O) groups is 1. The molecule has 1 aromatic carbocycles. The molecule has 4 heteroatoms. The summed E-state index contributed by atoms with van der Waals surface area (Å²) >= 11 is 0. The molecule has 1 aromatic rings. The third kappa shape index (κ3) is 5.19. The van der Waals surface area contributed by atoms with Crippen LogP contribution in [0, 0.1) is 0 Å². The Kier molecular flexibility index (Phi) is 5.65. The summed E-state index contributed by atoms with van der Waals surface area (Å²) in [5, 5.41) is 12.2. The fourth-order valence-electron chi connectivity index (χ4n) is 1.52. The highest BCUT2D eigenvalue weighted by Gasteiger charge is 2.05. The number of amides is 1. The average Bonchev–Trinajstić information content (AvgIpc) is 2.28. The van der Waals surface area contributed by atoms with Crippen molar-refractivity contribution >= 4 is 5.91 Å². The van der Waals surface area contributed by atoms with E-state index < -0.39 is 6.10 Å². The minimum Gasteiger partial charge on any atom is -0.493 e. The third-order valence-corrected chi connectivity index (χ3v) is 2.39. The van der Waals surface area contributed by atoms with Crippen molar-refractivity contribution in [2.75, 3.05) is 6.61 Å². The second-order valence-corrected chi connectivity index (χ2v) is 4.57. The largest absolute Gasteiger partial charge is 0.493 e. The standard InChI is InChI=1S/C14H21NO3/c1-10(2)15-14(17)7-8-18-13-6-4-5-12(9-13)11(3)16/h4-6,9-11,16H,7-8H2,1-3H3,(H,15,17)/t11-/m1/s1. The van der Waals surface area contributed by atoms with E-state index in [-0.39, 0.29) is 11.9 Å². The van der Waals surface area contributed by atoms with E-state index in [2.05, 4.69) is 5.32 Å². The van der Waals surface area contributed by atoms with Crippen LogP contribution in [0.5, 0.6) is 5.75 Å². The smallest absolute Gasteiger partial charge is 0.223 e. The number of hydrogen-bond acceptors (Lipinski definition) is 3. The van der Waals surface area contributed by atoms with Crippen molar-refractivity contribution in [1.29, 1.82) is 0 Å². The van der Waals surface area contributed by atoms with Crippen molar-refractivity contribution in [3.05, 3.63) is 29.8 Å². The molecule has 0 radical (unpaired) electrons. The fraction of sp³-hybridized carbons (Fsp3) is 0.500. The molecule has 1 atom stereocenters. The monoisotopic (exact) mass is 251 g/mol. The van der Waals surface area contributed by atoms with Gasteiger partial charge in [-0.3, -0.25) is 4.79 Å². The summed E-state index contributed by atoms with van der Waals surface area (Å²) in [6.45, 7) is 5.88. The molecule has 18 heavy (non-hydrogen) atoms. The lowest BCUT2D eigenvalue weighted by Gasteiger charge is -2.11. The van der Waals surface area contributed by atoms with Gasteiger partial charge in [-0.2, -0.15) is 0 Å². The van der Waals surface area contributed by atoms with E-state index >= 15 is 0 Å². The highest BCUT2D eigenvalue weighted by atomic mass is 16.5. The Morgan fingerprint density at radius 1 is 1.39 bits per heavy atom. The Morgan fingerprint density at radius 2 is 2.11 bits per heavy atom. The molecule has 0 aromatic heterocycles. The predicted molar refractivity (Wildman–Crippen MR) is 70.5 cm³/mol. The Hall–Kier alpha value is -1.55. The number of aliphatic hydroxyl groups excluding tert-OH is 1. The quantitative estimate of drug-likeness (QED) is 0.813. The molecule has 0 bridgehead atoms. The first-order valence-corrected chi connectivity index (χ1v) is 6.19. The molecule has 0 unspecified atom stereocenters. The van der Waals surface area contributed by atoms with Crippen molar-refractivity contribution in [3.63, 3.8) is 0 Å². The normalized spacial score (nSPS) is 12.3. The van der Waals surface area contributed by atoms with Crippen LogP contribution in [0.4, 0.5) is 0 Å². The Morgan fingerprint density at radius 3 is 2.72 bits per heavy atom. The molecule has 0 aliphatic heterocycles. The maximum absolute atomic E-state index is 11.4. The van der Waals surface area contributed by atoms with Crippen molar-refractivity contribution in [3.8, 4) is 5.75 Å². The summed E-state index contributed by atoms with van der Waals surface area (Å²) in [6.07, 6.45) is -0.185. The summed E-state index contributed by atoms with van der Waals surface area (Å²) in [7, 11) is 0. The van der Waals surface area contributed by atoms with Gasteiger partial charge in [-0.25, -0.2) is 0 Å². The zero-order chi connectivity index (χ0) is 13.5. The molecule has 0 aliphatic carbocycles. The first kappa shape index (κ1) is 14.5. The van der Waals surface area contributed by atoms with Crippen LogP contribution in [-0.4, -0.2) is 23.7 Å². The van der Waals surface area contributed by atoms with Gasteiger partial charge in [0.05, 0.1) is 19.1 Å². The van der Waals surface area contributed by atoms with Gasteiger partial charge in [0.15, 0.2) is 0 Å². The maximum Gasteiger partial charge on any atom is 0.223 e. The van der Waals surface area contributed by atoms with Crippen LogP contribution < -0.4 is 10.1 Å². The third-order valence-electron chi connectivity index (χ3n) is 2.39. The second-order valence-electron chi connectivity index (χ2n) is 4.57. The van der Waals surface area contributed by atoms with Gasteiger partial charge in [-0.1, -0.05) is 12.1 Å². The molecule has 1 rings (SSSR count). The minimum absolute atomic E-state index is 0.0170. The zero-order valence-electron chi connectivity index (χ0n) is 11.1. The molecule has 2 N–H and O–H groups in total. The van der Waals surface area contributed by atoms with Crippen LogP contribution in [0.25, 0.3) is 0 Å². The Balaban J connectivity index is 2.39. The number of rotatable bonds is 6. The summed E-state index contributed by atoms with van der Waals surface area (Å²) in [4.78, 5) is 11.4. The van der Waals surface area contributed by atoms with Gasteiger partial charge < -0.3 is 15.2 Å². The predicted octanol–water partition coefficient (Wildman–Crippen LogP) is 2.03. The number of nitrogens with one attached hydrogen (secondary N) is 1. The number of benzene rings is 1. The molecule has 0 spiro atoms. The van der Waals surface area contributed by atoms with Crippen LogP contribution >= 0.6 is 0 Å². The number of hydrogen-bond donors (Lipinski definition) is 2. The molecule has 0 saturated heterocycles. The number of carbonyl (C=O) groups excluding carboxylic acids is 1. The van der Waals surface area contributed by atoms with Gasteiger partial charge in [0, 0.05) is 6.04 Å². The first-order valence-electron chi connectivity index (χ1n) is 6.19. The van der Waals surface area contributed by atoms with Crippen molar-refractivity contribution in [2.45, 2.75) is 39.3 Å². The topological polar surface area (TPSA) is 58.6 Å². The van der Waals surface area contributed by atoms with Gasteiger partial charge in [-0.05, 0) is 38.5 Å². The zero-order valence-corrected chi connectivity index (χ0v) is 11.1. The molecule has 4 nitrogen and oxygen atoms in total. The molecule has 0 saturated carbocycles. The van der Waals surface area contributed by atoms with Crippen LogP contribution in [-0.2, 0) is 4.79 Å². The molecule has 100 valence electrons. The van der Waals surface area contributed by atoms with Gasteiger partial charge in [-0.15, -0.1) is 0 Å². The maximum atomic E-state index is 11.4. The van der Waals surface area contributed by atoms with E-state index in [0.717, 1.165) is 5.56 Å². The summed E-state index contributed by atoms with van der Waals surface area (Å²) in [6, 6.07) is 7.40. The molecule has 0 fully saturated rings. The van der Waals surface area contributed by atoms with Crippen LogP contribution in [0.1, 0.15) is 38.9 Å². The summed E-state index contributed by atoms with van der Waals surface area (Å²) in [5.41, 5.74) is 0.805. The highest BCUT2D eigenvalue weighted by Crippen LogP contribution is 2.18. The van der Waals surface area contributed by atoms with E-state index in [1.54, 1.807) is 13.0 Å². The van der Waals surface area contributed by atoms with Crippen molar-refractivity contribution < 1.29 is 14.6 Å². The second kappa shape index (κ2) is 7.01. The SMILES string of the molecule is CC(C)NC(=O)CCOc1cccc([C@@H](C)O)c1. The number of aliphatic hydroxyl groups is 1. The van der Waals surface area contributed by atoms with Gasteiger partial charge >= 0.3 is 0 Å². The van der Waals surface area contributed by atoms with Crippen LogP contribution in [0.2, 0.25) is 0 Å². The molecular formula is C14H21NO3. The van der Waals surface area contributed by atoms with Crippen LogP contribution in [0.15, 0.2) is 24.3 Å². The lowest BCUT2D eigenvalue weighted by atomic mass is 10.1. The van der Waals surface area contributed by atoms with E-state index in [1.165, 1.54) is 0 Å². The summed E-state index contributed by atoms with van der Waals surface area (Å²) in [5.74, 6) is 0.655. The Bertz CT molecular complexity index is 388.